The molecule has 1 amide bonds. The molecule has 1 aromatic heterocycles. The average molecular weight is 532 g/mol. The number of rotatable bonds is 6. The van der Waals surface area contributed by atoms with Crippen molar-refractivity contribution in [3.8, 4) is 11.4 Å². The second-order valence-corrected chi connectivity index (χ2v) is 9.93. The average Bonchev–Trinajstić information content (AvgIpc) is 3.37. The molecule has 0 aliphatic carbocycles. The Kier molecular flexibility index (Phi) is 7.17. The summed E-state index contributed by atoms with van der Waals surface area (Å²) in [5.41, 5.74) is 5.49. The van der Waals surface area contributed by atoms with Crippen LogP contribution >= 0.6 is 23.4 Å². The first-order chi connectivity index (χ1) is 17.9. The maximum Gasteiger partial charge on any atom is 0.264 e. The van der Waals surface area contributed by atoms with Gasteiger partial charge in [0.2, 0.25) is 0 Å². The summed E-state index contributed by atoms with van der Waals surface area (Å²) in [5, 5.41) is 3.92. The van der Waals surface area contributed by atoms with Crippen LogP contribution in [0.3, 0.4) is 0 Å². The minimum atomic E-state index is -0.331. The van der Waals surface area contributed by atoms with Crippen molar-refractivity contribution < 1.29 is 13.9 Å². The van der Waals surface area contributed by atoms with Crippen molar-refractivity contribution in [1.29, 1.82) is 0 Å². The quantitative estimate of drug-likeness (QED) is 0.264. The van der Waals surface area contributed by atoms with Gasteiger partial charge < -0.3 is 14.6 Å². The van der Waals surface area contributed by atoms with E-state index in [1.54, 1.807) is 12.1 Å². The van der Waals surface area contributed by atoms with E-state index in [2.05, 4.69) is 14.9 Å². The van der Waals surface area contributed by atoms with Crippen molar-refractivity contribution >= 4 is 46.2 Å². The minimum absolute atomic E-state index is 0.212. The number of amides is 1. The summed E-state index contributed by atoms with van der Waals surface area (Å²) in [5.74, 6) is 0.207. The van der Waals surface area contributed by atoms with Crippen LogP contribution in [-0.4, -0.2) is 15.6 Å². The van der Waals surface area contributed by atoms with Crippen LogP contribution in [0, 0.1) is 19.7 Å². The van der Waals surface area contributed by atoms with Crippen LogP contribution in [0.1, 0.15) is 22.5 Å². The van der Waals surface area contributed by atoms with E-state index in [4.69, 9.17) is 16.3 Å². The van der Waals surface area contributed by atoms with Crippen molar-refractivity contribution in [3.05, 3.63) is 117 Å². The Balaban J connectivity index is 1.32. The second kappa shape index (κ2) is 10.7. The molecular formula is C29H23ClFN3O2S. The molecule has 37 heavy (non-hydrogen) atoms. The SMILES string of the molecule is Cc1cc(/C=C2/SC(=Nc3ccc(F)cc3)NC2=O)c(C)n1-c1ccc(OCc2ccccc2Cl)cc1. The van der Waals surface area contributed by atoms with Gasteiger partial charge in [-0.25, -0.2) is 9.38 Å². The van der Waals surface area contributed by atoms with E-state index in [-0.39, 0.29) is 11.7 Å². The number of aryl methyl sites for hydroxylation is 1. The van der Waals surface area contributed by atoms with Crippen molar-refractivity contribution in [2.45, 2.75) is 20.5 Å². The van der Waals surface area contributed by atoms with Crippen LogP contribution in [0.15, 0.2) is 88.8 Å². The Labute approximate surface area is 223 Å². The standard InChI is InChI=1S/C29H23ClFN3O2S/c1-18-15-21(16-27-28(35)33-29(37-27)32-23-9-7-22(31)8-10-23)19(2)34(18)24-11-13-25(14-12-24)36-17-20-5-3-4-6-26(20)30/h3-16H,17H2,1-2H3,(H,32,33,35)/b27-16+. The van der Waals surface area contributed by atoms with E-state index in [0.29, 0.717) is 27.4 Å². The predicted molar refractivity (Wildman–Crippen MR) is 148 cm³/mol. The van der Waals surface area contributed by atoms with Crippen molar-refractivity contribution in [2.24, 2.45) is 4.99 Å². The van der Waals surface area contributed by atoms with Gasteiger partial charge in [0.25, 0.3) is 5.91 Å². The molecule has 5 nitrogen and oxygen atoms in total. The fraction of sp³-hybridized carbons (Fsp3) is 0.103. The second-order valence-electron chi connectivity index (χ2n) is 8.49. The van der Waals surface area contributed by atoms with Gasteiger partial charge in [0.05, 0.1) is 10.6 Å². The number of nitrogens with one attached hydrogen (secondary N) is 1. The number of thioether (sulfide) groups is 1. The molecule has 0 bridgehead atoms. The molecule has 0 atom stereocenters. The number of carbonyl (C=O) groups is 1. The van der Waals surface area contributed by atoms with E-state index >= 15 is 0 Å². The summed E-state index contributed by atoms with van der Waals surface area (Å²) in [6.45, 7) is 4.44. The molecule has 1 saturated heterocycles. The lowest BCUT2D eigenvalue weighted by Gasteiger charge is -2.12. The molecule has 1 aliphatic heterocycles. The van der Waals surface area contributed by atoms with Gasteiger partial charge in [-0.1, -0.05) is 29.8 Å². The van der Waals surface area contributed by atoms with Crippen LogP contribution in [0.2, 0.25) is 5.02 Å². The highest BCUT2D eigenvalue weighted by Crippen LogP contribution is 2.31. The van der Waals surface area contributed by atoms with Crippen LogP contribution < -0.4 is 10.1 Å². The molecule has 1 aliphatic rings. The number of carbonyl (C=O) groups excluding carboxylic acids is 1. The fourth-order valence-electron chi connectivity index (χ4n) is 4.05. The maximum absolute atomic E-state index is 13.1. The lowest BCUT2D eigenvalue weighted by Crippen LogP contribution is -2.19. The zero-order chi connectivity index (χ0) is 25.9. The van der Waals surface area contributed by atoms with Gasteiger partial charge in [-0.05, 0) is 97.9 Å². The van der Waals surface area contributed by atoms with Gasteiger partial charge >= 0.3 is 0 Å². The van der Waals surface area contributed by atoms with E-state index in [9.17, 15) is 9.18 Å². The fourth-order valence-corrected chi connectivity index (χ4v) is 5.08. The molecule has 0 saturated carbocycles. The molecule has 0 radical (unpaired) electrons. The summed E-state index contributed by atoms with van der Waals surface area (Å²) in [4.78, 5) is 17.5. The summed E-state index contributed by atoms with van der Waals surface area (Å²) in [6, 6.07) is 23.3. The third-order valence-electron chi connectivity index (χ3n) is 5.91. The topological polar surface area (TPSA) is 55.6 Å². The number of aromatic nitrogens is 1. The van der Waals surface area contributed by atoms with Crippen molar-refractivity contribution in [3.63, 3.8) is 0 Å². The van der Waals surface area contributed by atoms with E-state index < -0.39 is 0 Å². The molecule has 5 rings (SSSR count). The highest BCUT2D eigenvalue weighted by Gasteiger charge is 2.24. The van der Waals surface area contributed by atoms with Crippen LogP contribution in [-0.2, 0) is 11.4 Å². The predicted octanol–water partition coefficient (Wildman–Crippen LogP) is 7.36. The smallest absolute Gasteiger partial charge is 0.264 e. The van der Waals surface area contributed by atoms with E-state index in [1.807, 2.05) is 74.5 Å². The summed E-state index contributed by atoms with van der Waals surface area (Å²) < 4.78 is 21.2. The van der Waals surface area contributed by atoms with Gasteiger partial charge in [-0.3, -0.25) is 4.79 Å². The number of aliphatic imine (C=N–C) groups is 1. The molecule has 0 unspecified atom stereocenters. The summed E-state index contributed by atoms with van der Waals surface area (Å²) in [6.07, 6.45) is 1.87. The first kappa shape index (κ1) is 24.9. The number of nitrogens with zero attached hydrogens (tertiary/aromatic N) is 2. The van der Waals surface area contributed by atoms with Crippen LogP contribution in [0.25, 0.3) is 11.8 Å². The number of hydrogen-bond donors (Lipinski definition) is 1. The van der Waals surface area contributed by atoms with Gasteiger partial charge in [0.15, 0.2) is 5.17 Å². The molecule has 1 N–H and O–H groups in total. The monoisotopic (exact) mass is 531 g/mol. The lowest BCUT2D eigenvalue weighted by molar-refractivity contribution is -0.115. The highest BCUT2D eigenvalue weighted by molar-refractivity contribution is 8.18. The first-order valence-corrected chi connectivity index (χ1v) is 12.8. The number of ether oxygens (including phenoxy) is 1. The van der Waals surface area contributed by atoms with E-state index in [1.165, 1.54) is 23.9 Å². The van der Waals surface area contributed by atoms with Gasteiger partial charge in [0, 0.05) is 27.7 Å². The normalized spacial score (nSPS) is 15.4. The molecule has 2 heterocycles. The molecule has 1 fully saturated rings. The van der Waals surface area contributed by atoms with Gasteiger partial charge in [-0.2, -0.15) is 0 Å². The Hall–Kier alpha value is -3.81. The van der Waals surface area contributed by atoms with E-state index in [0.717, 1.165) is 34.0 Å². The molecule has 3 aromatic carbocycles. The number of halogens is 2. The molecule has 0 spiro atoms. The first-order valence-electron chi connectivity index (χ1n) is 11.6. The minimum Gasteiger partial charge on any atom is -0.489 e. The number of amidine groups is 1. The summed E-state index contributed by atoms with van der Waals surface area (Å²) in [7, 11) is 0. The Bertz CT molecular complexity index is 1530. The Morgan fingerprint density at radius 3 is 2.51 bits per heavy atom. The zero-order valence-corrected chi connectivity index (χ0v) is 21.7. The number of hydrogen-bond acceptors (Lipinski definition) is 4. The molecular weight excluding hydrogens is 509 g/mol. The lowest BCUT2D eigenvalue weighted by atomic mass is 10.2. The van der Waals surface area contributed by atoms with Crippen LogP contribution in [0.5, 0.6) is 5.75 Å². The van der Waals surface area contributed by atoms with Crippen molar-refractivity contribution in [1.82, 2.24) is 9.88 Å². The van der Waals surface area contributed by atoms with Gasteiger partial charge in [-0.15, -0.1) is 0 Å². The molecule has 186 valence electrons. The largest absolute Gasteiger partial charge is 0.489 e. The highest BCUT2D eigenvalue weighted by atomic mass is 35.5. The maximum atomic E-state index is 13.1. The van der Waals surface area contributed by atoms with Crippen LogP contribution in [0.4, 0.5) is 10.1 Å². The third kappa shape index (κ3) is 5.63. The Morgan fingerprint density at radius 2 is 1.78 bits per heavy atom. The summed E-state index contributed by atoms with van der Waals surface area (Å²) >= 11 is 7.48. The molecule has 4 aromatic rings. The van der Waals surface area contributed by atoms with Crippen molar-refractivity contribution in [2.75, 3.05) is 0 Å². The van der Waals surface area contributed by atoms with Gasteiger partial charge in [0.1, 0.15) is 18.2 Å². The Morgan fingerprint density at radius 1 is 1.05 bits per heavy atom. The third-order valence-corrected chi connectivity index (χ3v) is 7.19. The number of benzene rings is 3. The molecule has 8 heteroatoms. The zero-order valence-electron chi connectivity index (χ0n) is 20.2.